The molecular formula is C12H12BrClN2S. The van der Waals surface area contributed by atoms with Gasteiger partial charge in [-0.25, -0.2) is 4.98 Å². The molecule has 1 atom stereocenters. The largest absolute Gasteiger partial charge is 0.312 e. The number of nitrogens with one attached hydrogen (secondary N) is 1. The lowest BCUT2D eigenvalue weighted by molar-refractivity contribution is 0.637. The van der Waals surface area contributed by atoms with Crippen LogP contribution in [0.1, 0.15) is 18.7 Å². The zero-order chi connectivity index (χ0) is 12.4. The number of aromatic nitrogens is 1. The Morgan fingerprint density at radius 1 is 1.47 bits per heavy atom. The fourth-order valence-corrected chi connectivity index (χ4v) is 3.10. The maximum Gasteiger partial charge on any atom is 0.124 e. The monoisotopic (exact) mass is 330 g/mol. The van der Waals surface area contributed by atoms with Crippen molar-refractivity contribution in [3.63, 3.8) is 0 Å². The molecule has 2 rings (SSSR count). The second kappa shape index (κ2) is 5.48. The molecule has 0 aliphatic heterocycles. The minimum Gasteiger partial charge on any atom is -0.312 e. The average Bonchev–Trinajstić information content (AvgIpc) is 2.80. The van der Waals surface area contributed by atoms with Crippen LogP contribution in [0.25, 0.3) is 10.6 Å². The van der Waals surface area contributed by atoms with Gasteiger partial charge in [0, 0.05) is 26.5 Å². The van der Waals surface area contributed by atoms with Gasteiger partial charge >= 0.3 is 0 Å². The molecule has 1 aromatic carbocycles. The number of benzene rings is 1. The summed E-state index contributed by atoms with van der Waals surface area (Å²) in [6.07, 6.45) is 0. The summed E-state index contributed by atoms with van der Waals surface area (Å²) in [6.45, 7) is 2.09. The molecule has 0 aliphatic carbocycles. The van der Waals surface area contributed by atoms with E-state index in [4.69, 9.17) is 11.6 Å². The topological polar surface area (TPSA) is 24.9 Å². The van der Waals surface area contributed by atoms with E-state index in [2.05, 4.69) is 38.5 Å². The SMILES string of the molecule is CNC(C)c1csc(-c2cc(Cl)ccc2Br)n1. The number of hydrogen-bond donors (Lipinski definition) is 1. The van der Waals surface area contributed by atoms with Crippen LogP contribution < -0.4 is 5.32 Å². The second-order valence-corrected chi connectivity index (χ2v) is 5.86. The van der Waals surface area contributed by atoms with E-state index in [0.29, 0.717) is 0 Å². The van der Waals surface area contributed by atoms with Crippen LogP contribution in [0.3, 0.4) is 0 Å². The zero-order valence-electron chi connectivity index (χ0n) is 9.50. The van der Waals surface area contributed by atoms with Crippen molar-refractivity contribution in [3.05, 3.63) is 38.8 Å². The Morgan fingerprint density at radius 3 is 2.94 bits per heavy atom. The van der Waals surface area contributed by atoms with E-state index in [-0.39, 0.29) is 6.04 Å². The van der Waals surface area contributed by atoms with Gasteiger partial charge in [-0.15, -0.1) is 11.3 Å². The summed E-state index contributed by atoms with van der Waals surface area (Å²) in [7, 11) is 1.93. The van der Waals surface area contributed by atoms with E-state index in [1.807, 2.05) is 25.2 Å². The minimum absolute atomic E-state index is 0.262. The molecule has 0 saturated carbocycles. The maximum absolute atomic E-state index is 6.01. The molecule has 5 heteroatoms. The Bertz CT molecular complexity index is 527. The molecule has 2 aromatic rings. The van der Waals surface area contributed by atoms with E-state index in [9.17, 15) is 0 Å². The molecule has 0 fully saturated rings. The van der Waals surface area contributed by atoms with Crippen molar-refractivity contribution < 1.29 is 0 Å². The molecule has 1 heterocycles. The minimum atomic E-state index is 0.262. The van der Waals surface area contributed by atoms with Crippen molar-refractivity contribution in [2.24, 2.45) is 0 Å². The molecule has 1 aromatic heterocycles. The van der Waals surface area contributed by atoms with Crippen LogP contribution in [-0.4, -0.2) is 12.0 Å². The zero-order valence-corrected chi connectivity index (χ0v) is 12.7. The van der Waals surface area contributed by atoms with Gasteiger partial charge in [0.15, 0.2) is 0 Å². The first-order valence-corrected chi connectivity index (χ1v) is 7.25. The highest BCUT2D eigenvalue weighted by Gasteiger charge is 2.11. The molecule has 0 bridgehead atoms. The Labute approximate surface area is 118 Å². The summed E-state index contributed by atoms with van der Waals surface area (Å²) in [6, 6.07) is 6.00. The van der Waals surface area contributed by atoms with Gasteiger partial charge in [-0.3, -0.25) is 0 Å². The Hall–Kier alpha value is -0.420. The summed E-state index contributed by atoms with van der Waals surface area (Å²) in [5.41, 5.74) is 2.09. The van der Waals surface area contributed by atoms with Crippen molar-refractivity contribution in [2.75, 3.05) is 7.05 Å². The Morgan fingerprint density at radius 2 is 2.24 bits per heavy atom. The molecule has 0 saturated heterocycles. The third-order valence-electron chi connectivity index (χ3n) is 2.56. The van der Waals surface area contributed by atoms with E-state index in [1.165, 1.54) is 0 Å². The smallest absolute Gasteiger partial charge is 0.124 e. The standard InChI is InChI=1S/C12H12BrClN2S/c1-7(15-2)11-6-17-12(16-11)9-5-8(14)3-4-10(9)13/h3-7,15H,1-2H3. The lowest BCUT2D eigenvalue weighted by Crippen LogP contribution is -2.12. The van der Waals surface area contributed by atoms with Gasteiger partial charge in [0.2, 0.25) is 0 Å². The van der Waals surface area contributed by atoms with Crippen molar-refractivity contribution in [1.29, 1.82) is 0 Å². The van der Waals surface area contributed by atoms with Crippen molar-refractivity contribution >= 4 is 38.9 Å². The molecule has 90 valence electrons. The molecule has 0 radical (unpaired) electrons. The molecule has 1 unspecified atom stereocenters. The predicted molar refractivity (Wildman–Crippen MR) is 77.7 cm³/mol. The van der Waals surface area contributed by atoms with Gasteiger partial charge in [-0.1, -0.05) is 27.5 Å². The van der Waals surface area contributed by atoms with Crippen molar-refractivity contribution in [1.82, 2.24) is 10.3 Å². The normalized spacial score (nSPS) is 12.7. The predicted octanol–water partition coefficient (Wildman–Crippen LogP) is 4.51. The molecule has 1 N–H and O–H groups in total. The first-order chi connectivity index (χ1) is 8.11. The summed E-state index contributed by atoms with van der Waals surface area (Å²) in [5.74, 6) is 0. The van der Waals surface area contributed by atoms with E-state index in [0.717, 1.165) is 25.8 Å². The molecule has 2 nitrogen and oxygen atoms in total. The third kappa shape index (κ3) is 2.88. The van der Waals surface area contributed by atoms with E-state index < -0.39 is 0 Å². The molecule has 0 aliphatic rings. The third-order valence-corrected chi connectivity index (χ3v) is 4.38. The van der Waals surface area contributed by atoms with Gasteiger partial charge in [0.05, 0.1) is 5.69 Å². The van der Waals surface area contributed by atoms with Crippen molar-refractivity contribution in [3.8, 4) is 10.6 Å². The van der Waals surface area contributed by atoms with Gasteiger partial charge in [0.25, 0.3) is 0 Å². The first kappa shape index (κ1) is 13.0. The molecular weight excluding hydrogens is 320 g/mol. The highest BCUT2D eigenvalue weighted by atomic mass is 79.9. The van der Waals surface area contributed by atoms with E-state index >= 15 is 0 Å². The Balaban J connectivity index is 2.40. The van der Waals surface area contributed by atoms with Gasteiger partial charge in [-0.05, 0) is 32.2 Å². The van der Waals surface area contributed by atoms with Gasteiger partial charge < -0.3 is 5.32 Å². The number of thiazole rings is 1. The lowest BCUT2D eigenvalue weighted by atomic mass is 10.2. The summed E-state index contributed by atoms with van der Waals surface area (Å²) >= 11 is 11.2. The molecule has 0 spiro atoms. The molecule has 17 heavy (non-hydrogen) atoms. The number of nitrogens with zero attached hydrogens (tertiary/aromatic N) is 1. The fourth-order valence-electron chi connectivity index (χ4n) is 1.42. The van der Waals surface area contributed by atoms with Crippen LogP contribution in [0, 0.1) is 0 Å². The van der Waals surface area contributed by atoms with Crippen molar-refractivity contribution in [2.45, 2.75) is 13.0 Å². The number of rotatable bonds is 3. The molecule has 0 amide bonds. The van der Waals surface area contributed by atoms with Crippen LogP contribution in [0.15, 0.2) is 28.1 Å². The summed E-state index contributed by atoms with van der Waals surface area (Å²) in [5, 5.41) is 6.96. The quantitative estimate of drug-likeness (QED) is 0.895. The number of hydrogen-bond acceptors (Lipinski definition) is 3. The Kier molecular flexibility index (Phi) is 4.20. The van der Waals surface area contributed by atoms with Crippen LogP contribution in [-0.2, 0) is 0 Å². The highest BCUT2D eigenvalue weighted by molar-refractivity contribution is 9.10. The first-order valence-electron chi connectivity index (χ1n) is 5.20. The van der Waals surface area contributed by atoms with Gasteiger partial charge in [0.1, 0.15) is 5.01 Å². The fraction of sp³-hybridized carbons (Fsp3) is 0.250. The van der Waals surface area contributed by atoms with Crippen LogP contribution >= 0.6 is 38.9 Å². The highest BCUT2D eigenvalue weighted by Crippen LogP contribution is 2.33. The maximum atomic E-state index is 6.01. The van der Waals surface area contributed by atoms with Crippen LogP contribution in [0.5, 0.6) is 0 Å². The van der Waals surface area contributed by atoms with Gasteiger partial charge in [-0.2, -0.15) is 0 Å². The summed E-state index contributed by atoms with van der Waals surface area (Å²) in [4.78, 5) is 4.62. The number of halogens is 2. The van der Waals surface area contributed by atoms with E-state index in [1.54, 1.807) is 11.3 Å². The lowest BCUT2D eigenvalue weighted by Gasteiger charge is -2.05. The second-order valence-electron chi connectivity index (χ2n) is 3.71. The average molecular weight is 332 g/mol. The van der Waals surface area contributed by atoms with Crippen LogP contribution in [0.4, 0.5) is 0 Å². The van der Waals surface area contributed by atoms with Crippen LogP contribution in [0.2, 0.25) is 5.02 Å². The summed E-state index contributed by atoms with van der Waals surface area (Å²) < 4.78 is 1.01.